The first-order chi connectivity index (χ1) is 14.5. The maximum atomic E-state index is 14.3. The van der Waals surface area contributed by atoms with Crippen molar-refractivity contribution in [2.75, 3.05) is 5.32 Å². The molecule has 0 saturated heterocycles. The van der Waals surface area contributed by atoms with Gasteiger partial charge in [0.05, 0.1) is 23.7 Å². The molecule has 1 aromatic carbocycles. The van der Waals surface area contributed by atoms with Crippen molar-refractivity contribution in [3.63, 3.8) is 0 Å². The third-order valence-electron chi connectivity index (χ3n) is 5.70. The smallest absolute Gasteiger partial charge is 0.274 e. The minimum atomic E-state index is -0.375. The molecule has 4 rings (SSSR count). The van der Waals surface area contributed by atoms with Crippen LogP contribution in [0.4, 0.5) is 10.1 Å². The molecule has 0 spiro atoms. The summed E-state index contributed by atoms with van der Waals surface area (Å²) in [6.07, 6.45) is 6.37. The molecule has 3 aromatic rings. The van der Waals surface area contributed by atoms with Crippen molar-refractivity contribution >= 4 is 11.6 Å². The topological polar surface area (TPSA) is 75.1 Å². The molecular formula is C24H24FN3O2. The molecule has 0 atom stereocenters. The highest BCUT2D eigenvalue weighted by Gasteiger charge is 2.24. The Hall–Kier alpha value is -3.12. The Morgan fingerprint density at radius 1 is 1.10 bits per heavy atom. The summed E-state index contributed by atoms with van der Waals surface area (Å²) in [5, 5.41) is 12.7. The van der Waals surface area contributed by atoms with Crippen LogP contribution >= 0.6 is 0 Å². The van der Waals surface area contributed by atoms with Gasteiger partial charge in [0.2, 0.25) is 0 Å². The van der Waals surface area contributed by atoms with Gasteiger partial charge in [-0.3, -0.25) is 9.78 Å². The van der Waals surface area contributed by atoms with E-state index < -0.39 is 0 Å². The van der Waals surface area contributed by atoms with Gasteiger partial charge in [0, 0.05) is 11.8 Å². The number of hydrogen-bond donors (Lipinski definition) is 2. The number of aromatic nitrogens is 2. The largest absolute Gasteiger partial charge is 0.393 e. The normalized spacial score (nSPS) is 18.8. The van der Waals surface area contributed by atoms with Gasteiger partial charge in [-0.1, -0.05) is 18.2 Å². The lowest BCUT2D eigenvalue weighted by molar-refractivity contribution is 0.102. The minimum Gasteiger partial charge on any atom is -0.393 e. The second-order valence-electron chi connectivity index (χ2n) is 7.76. The number of benzene rings is 1. The first-order valence-corrected chi connectivity index (χ1v) is 10.2. The van der Waals surface area contributed by atoms with Gasteiger partial charge in [-0.2, -0.15) is 0 Å². The Morgan fingerprint density at radius 2 is 1.87 bits per heavy atom. The summed E-state index contributed by atoms with van der Waals surface area (Å²) in [7, 11) is 0. The number of aliphatic hydroxyl groups excluding tert-OH is 1. The summed E-state index contributed by atoms with van der Waals surface area (Å²) >= 11 is 0. The van der Waals surface area contributed by atoms with Crippen molar-refractivity contribution < 1.29 is 14.3 Å². The predicted octanol–water partition coefficient (Wildman–Crippen LogP) is 4.86. The van der Waals surface area contributed by atoms with Gasteiger partial charge in [0.1, 0.15) is 11.5 Å². The predicted molar refractivity (Wildman–Crippen MR) is 114 cm³/mol. The van der Waals surface area contributed by atoms with E-state index in [1.165, 1.54) is 6.07 Å². The van der Waals surface area contributed by atoms with E-state index >= 15 is 0 Å². The number of nitrogens with zero attached hydrogens (tertiary/aromatic N) is 2. The minimum absolute atomic E-state index is 0.215. The Labute approximate surface area is 175 Å². The average molecular weight is 405 g/mol. The van der Waals surface area contributed by atoms with Gasteiger partial charge in [0.25, 0.3) is 5.91 Å². The second kappa shape index (κ2) is 8.71. The number of pyridine rings is 2. The molecule has 1 saturated carbocycles. The number of carbonyl (C=O) groups excluding carboxylic acids is 1. The van der Waals surface area contributed by atoms with E-state index in [9.17, 15) is 14.3 Å². The molecule has 5 nitrogen and oxygen atoms in total. The van der Waals surface area contributed by atoms with Gasteiger partial charge in [-0.05, 0) is 73.9 Å². The van der Waals surface area contributed by atoms with Gasteiger partial charge >= 0.3 is 0 Å². The number of anilines is 1. The van der Waals surface area contributed by atoms with E-state index in [4.69, 9.17) is 0 Å². The fourth-order valence-electron chi connectivity index (χ4n) is 4.02. The highest BCUT2D eigenvalue weighted by atomic mass is 19.1. The average Bonchev–Trinajstić information content (AvgIpc) is 2.76. The summed E-state index contributed by atoms with van der Waals surface area (Å²) in [6.45, 7) is 1.84. The summed E-state index contributed by atoms with van der Waals surface area (Å²) in [5.41, 5.74) is 3.50. The van der Waals surface area contributed by atoms with Crippen LogP contribution in [-0.4, -0.2) is 27.1 Å². The van der Waals surface area contributed by atoms with E-state index in [1.54, 1.807) is 42.7 Å². The number of carbonyl (C=O) groups is 1. The first kappa shape index (κ1) is 20.2. The Kier molecular flexibility index (Phi) is 5.86. The molecule has 0 unspecified atom stereocenters. The van der Waals surface area contributed by atoms with E-state index in [-0.39, 0.29) is 29.4 Å². The van der Waals surface area contributed by atoms with Crippen molar-refractivity contribution in [2.24, 2.45) is 0 Å². The molecule has 0 radical (unpaired) electrons. The highest BCUT2D eigenvalue weighted by molar-refractivity contribution is 6.03. The molecule has 0 aliphatic heterocycles. The van der Waals surface area contributed by atoms with E-state index in [0.717, 1.165) is 36.8 Å². The van der Waals surface area contributed by atoms with Crippen LogP contribution < -0.4 is 5.32 Å². The number of amides is 1. The standard InChI is InChI=1S/C24H24FN3O2/c1-15-6-11-21(27-23(15)19-4-2-3-5-20(19)25)24(30)28-22-14-26-13-12-18(22)16-7-9-17(29)10-8-16/h2-6,11-14,16-17,29H,7-10H2,1H3,(H,28,30). The van der Waals surface area contributed by atoms with Crippen LogP contribution in [0.2, 0.25) is 0 Å². The second-order valence-corrected chi connectivity index (χ2v) is 7.76. The van der Waals surface area contributed by atoms with Crippen LogP contribution in [0.25, 0.3) is 11.3 Å². The van der Waals surface area contributed by atoms with Crippen LogP contribution in [0.15, 0.2) is 54.9 Å². The Balaban J connectivity index is 1.60. The van der Waals surface area contributed by atoms with Gasteiger partial charge in [-0.25, -0.2) is 9.37 Å². The summed E-state index contributed by atoms with van der Waals surface area (Å²) in [5.74, 6) is -0.468. The number of aryl methyl sites for hydroxylation is 1. The molecule has 2 N–H and O–H groups in total. The van der Waals surface area contributed by atoms with E-state index in [2.05, 4.69) is 15.3 Å². The fourth-order valence-corrected chi connectivity index (χ4v) is 4.02. The summed E-state index contributed by atoms with van der Waals surface area (Å²) < 4.78 is 14.3. The number of halogens is 1. The van der Waals surface area contributed by atoms with Crippen molar-refractivity contribution in [1.29, 1.82) is 0 Å². The van der Waals surface area contributed by atoms with Gasteiger partial charge in [-0.15, -0.1) is 0 Å². The van der Waals surface area contributed by atoms with Crippen molar-refractivity contribution in [1.82, 2.24) is 9.97 Å². The maximum absolute atomic E-state index is 14.3. The molecule has 6 heteroatoms. The van der Waals surface area contributed by atoms with Crippen LogP contribution in [0.3, 0.4) is 0 Å². The molecule has 0 bridgehead atoms. The lowest BCUT2D eigenvalue weighted by Gasteiger charge is -2.27. The van der Waals surface area contributed by atoms with Crippen molar-refractivity contribution in [3.8, 4) is 11.3 Å². The Bertz CT molecular complexity index is 1060. The van der Waals surface area contributed by atoms with E-state index in [1.807, 2.05) is 13.0 Å². The van der Waals surface area contributed by atoms with Crippen molar-refractivity contribution in [2.45, 2.75) is 44.6 Å². The monoisotopic (exact) mass is 405 g/mol. The molecule has 2 heterocycles. The van der Waals surface area contributed by atoms with Crippen LogP contribution in [0.5, 0.6) is 0 Å². The number of hydrogen-bond acceptors (Lipinski definition) is 4. The van der Waals surface area contributed by atoms with Crippen LogP contribution in [-0.2, 0) is 0 Å². The fraction of sp³-hybridized carbons (Fsp3) is 0.292. The highest BCUT2D eigenvalue weighted by Crippen LogP contribution is 2.36. The zero-order valence-corrected chi connectivity index (χ0v) is 16.8. The molecule has 1 aliphatic rings. The quantitative estimate of drug-likeness (QED) is 0.650. The summed E-state index contributed by atoms with van der Waals surface area (Å²) in [4.78, 5) is 21.6. The number of aliphatic hydroxyl groups is 1. The SMILES string of the molecule is Cc1ccc(C(=O)Nc2cnccc2C2CCC(O)CC2)nc1-c1ccccc1F. The first-order valence-electron chi connectivity index (χ1n) is 10.2. The lowest BCUT2D eigenvalue weighted by Crippen LogP contribution is -2.20. The van der Waals surface area contributed by atoms with Crippen LogP contribution in [0, 0.1) is 12.7 Å². The van der Waals surface area contributed by atoms with Gasteiger partial charge < -0.3 is 10.4 Å². The molecule has 30 heavy (non-hydrogen) atoms. The third-order valence-corrected chi connectivity index (χ3v) is 5.70. The molecule has 1 amide bonds. The zero-order valence-electron chi connectivity index (χ0n) is 16.8. The maximum Gasteiger partial charge on any atom is 0.274 e. The molecule has 2 aromatic heterocycles. The molecule has 1 fully saturated rings. The zero-order chi connectivity index (χ0) is 21.1. The summed E-state index contributed by atoms with van der Waals surface area (Å²) in [6, 6.07) is 11.7. The van der Waals surface area contributed by atoms with Crippen molar-refractivity contribution in [3.05, 3.63) is 77.5 Å². The lowest BCUT2D eigenvalue weighted by atomic mass is 9.82. The third kappa shape index (κ3) is 4.24. The van der Waals surface area contributed by atoms with Gasteiger partial charge in [0.15, 0.2) is 0 Å². The molecular weight excluding hydrogens is 381 g/mol. The number of rotatable bonds is 4. The number of nitrogens with one attached hydrogen (secondary N) is 1. The molecule has 154 valence electrons. The van der Waals surface area contributed by atoms with E-state index in [0.29, 0.717) is 16.9 Å². The Morgan fingerprint density at radius 3 is 2.63 bits per heavy atom. The molecule has 1 aliphatic carbocycles. The van der Waals surface area contributed by atoms with Crippen LogP contribution in [0.1, 0.15) is 53.2 Å².